The number of fused-ring (bicyclic) bond motifs is 1. The van der Waals surface area contributed by atoms with E-state index >= 15 is 0 Å². The highest BCUT2D eigenvalue weighted by Crippen LogP contribution is 2.37. The first-order chi connectivity index (χ1) is 12.2. The van der Waals surface area contributed by atoms with Crippen molar-refractivity contribution in [3.05, 3.63) is 63.9 Å². The van der Waals surface area contributed by atoms with Crippen molar-refractivity contribution in [3.63, 3.8) is 0 Å². The second-order valence-electron chi connectivity index (χ2n) is 5.50. The van der Waals surface area contributed by atoms with Crippen molar-refractivity contribution in [1.29, 1.82) is 0 Å². The summed E-state index contributed by atoms with van der Waals surface area (Å²) >= 11 is 4.64. The summed E-state index contributed by atoms with van der Waals surface area (Å²) in [5.41, 5.74) is 2.27. The topological polar surface area (TPSA) is 42.9 Å². The number of benzene rings is 1. The van der Waals surface area contributed by atoms with Crippen LogP contribution in [0.15, 0.2) is 59.2 Å². The van der Waals surface area contributed by atoms with Gasteiger partial charge in [-0.25, -0.2) is 9.97 Å². The number of thioether (sulfide) groups is 1. The first-order valence-corrected chi connectivity index (χ1v) is 10.4. The molecular weight excluding hydrogens is 368 g/mol. The van der Waals surface area contributed by atoms with Crippen LogP contribution >= 0.6 is 34.4 Å². The van der Waals surface area contributed by atoms with Gasteiger partial charge >= 0.3 is 0 Å². The molecule has 0 spiro atoms. The van der Waals surface area contributed by atoms with E-state index in [-0.39, 0.29) is 5.78 Å². The van der Waals surface area contributed by atoms with Crippen LogP contribution < -0.4 is 0 Å². The van der Waals surface area contributed by atoms with Crippen molar-refractivity contribution >= 4 is 50.4 Å². The molecule has 0 aliphatic carbocycles. The Labute approximate surface area is 157 Å². The molecular formula is C19H14N2OS3. The molecule has 0 bridgehead atoms. The van der Waals surface area contributed by atoms with E-state index in [1.807, 2.05) is 37.3 Å². The zero-order valence-corrected chi connectivity index (χ0v) is 15.9. The highest BCUT2D eigenvalue weighted by Gasteiger charge is 2.15. The van der Waals surface area contributed by atoms with Gasteiger partial charge in [0.2, 0.25) is 0 Å². The molecule has 0 fully saturated rings. The number of aryl methyl sites for hydroxylation is 1. The Morgan fingerprint density at radius 2 is 1.96 bits per heavy atom. The third-order valence-corrected chi connectivity index (χ3v) is 6.69. The van der Waals surface area contributed by atoms with E-state index in [0.29, 0.717) is 5.75 Å². The third kappa shape index (κ3) is 3.38. The quantitative estimate of drug-likeness (QED) is 0.252. The number of ketones is 1. The summed E-state index contributed by atoms with van der Waals surface area (Å²) in [6.45, 7) is 2.01. The first-order valence-electron chi connectivity index (χ1n) is 7.72. The predicted molar refractivity (Wildman–Crippen MR) is 107 cm³/mol. The van der Waals surface area contributed by atoms with Crippen LogP contribution in [0.3, 0.4) is 0 Å². The van der Waals surface area contributed by atoms with E-state index in [2.05, 4.69) is 27.5 Å². The van der Waals surface area contributed by atoms with Crippen LogP contribution in [0, 0.1) is 6.92 Å². The van der Waals surface area contributed by atoms with E-state index in [1.165, 1.54) is 11.8 Å². The van der Waals surface area contributed by atoms with Gasteiger partial charge < -0.3 is 0 Å². The molecule has 0 saturated carbocycles. The van der Waals surface area contributed by atoms with Gasteiger partial charge in [0.15, 0.2) is 5.78 Å². The van der Waals surface area contributed by atoms with Gasteiger partial charge in [-0.15, -0.1) is 22.7 Å². The number of carbonyl (C=O) groups excluding carboxylic acids is 1. The summed E-state index contributed by atoms with van der Waals surface area (Å²) in [5.74, 6) is 0.530. The average molecular weight is 383 g/mol. The minimum Gasteiger partial charge on any atom is -0.292 e. The summed E-state index contributed by atoms with van der Waals surface area (Å²) in [6, 6.07) is 14.1. The Balaban J connectivity index is 1.66. The maximum atomic E-state index is 12.4. The number of Topliss-reactive ketones (excluding diaryl/α,β-unsaturated/α-hetero) is 1. The second kappa shape index (κ2) is 7.07. The van der Waals surface area contributed by atoms with E-state index in [4.69, 9.17) is 0 Å². The molecule has 4 rings (SSSR count). The molecule has 0 N–H and O–H groups in total. The Kier molecular flexibility index (Phi) is 4.65. The number of thiophene rings is 2. The lowest BCUT2D eigenvalue weighted by molar-refractivity contribution is 0.102. The van der Waals surface area contributed by atoms with Gasteiger partial charge in [-0.1, -0.05) is 42.1 Å². The molecule has 3 aromatic heterocycles. The van der Waals surface area contributed by atoms with Crippen molar-refractivity contribution in [2.75, 3.05) is 5.75 Å². The zero-order chi connectivity index (χ0) is 17.2. The van der Waals surface area contributed by atoms with Gasteiger partial charge in [0.25, 0.3) is 0 Å². The lowest BCUT2D eigenvalue weighted by atomic mass is 10.1. The number of rotatable bonds is 5. The fourth-order valence-electron chi connectivity index (χ4n) is 2.58. The van der Waals surface area contributed by atoms with Crippen LogP contribution in [0.5, 0.6) is 0 Å². The van der Waals surface area contributed by atoms with E-state index < -0.39 is 0 Å². The van der Waals surface area contributed by atoms with Crippen molar-refractivity contribution in [3.8, 4) is 11.1 Å². The molecule has 0 atom stereocenters. The van der Waals surface area contributed by atoms with Crippen LogP contribution in [0.2, 0.25) is 0 Å². The van der Waals surface area contributed by atoms with Crippen molar-refractivity contribution in [2.45, 2.75) is 11.9 Å². The number of hydrogen-bond acceptors (Lipinski definition) is 6. The largest absolute Gasteiger partial charge is 0.292 e. The minimum absolute atomic E-state index is 0.145. The van der Waals surface area contributed by atoms with Crippen molar-refractivity contribution in [2.24, 2.45) is 0 Å². The lowest BCUT2D eigenvalue weighted by Crippen LogP contribution is -2.00. The van der Waals surface area contributed by atoms with Gasteiger partial charge in [-0.3, -0.25) is 4.79 Å². The smallest absolute Gasteiger partial charge is 0.183 e. The molecule has 1 aromatic carbocycles. The van der Waals surface area contributed by atoms with E-state index in [1.54, 1.807) is 29.0 Å². The minimum atomic E-state index is 0.145. The van der Waals surface area contributed by atoms with Crippen molar-refractivity contribution < 1.29 is 4.79 Å². The monoisotopic (exact) mass is 382 g/mol. The maximum absolute atomic E-state index is 12.4. The van der Waals surface area contributed by atoms with Crippen LogP contribution in [0.25, 0.3) is 21.3 Å². The molecule has 0 aliphatic heterocycles. The highest BCUT2D eigenvalue weighted by molar-refractivity contribution is 8.00. The molecule has 0 aliphatic rings. The van der Waals surface area contributed by atoms with Crippen LogP contribution in [-0.2, 0) is 0 Å². The Morgan fingerprint density at radius 1 is 1.12 bits per heavy atom. The molecule has 4 aromatic rings. The standard InChI is InChI=1S/C19H14N2OS3/c1-12-7-8-16(25-12)15(22)10-24-19-17-14(13-5-3-2-4-6-13)9-23-18(17)20-11-21-19/h2-9,11H,10H2,1H3. The fourth-order valence-corrected chi connectivity index (χ4v) is 5.35. The van der Waals surface area contributed by atoms with Gasteiger partial charge in [0.05, 0.1) is 16.0 Å². The molecule has 0 unspecified atom stereocenters. The van der Waals surface area contributed by atoms with E-state index in [9.17, 15) is 4.79 Å². The first kappa shape index (κ1) is 16.4. The van der Waals surface area contributed by atoms with Gasteiger partial charge in [-0.2, -0.15) is 0 Å². The average Bonchev–Trinajstić information content (AvgIpc) is 3.27. The van der Waals surface area contributed by atoms with Crippen LogP contribution in [-0.4, -0.2) is 21.5 Å². The van der Waals surface area contributed by atoms with Gasteiger partial charge in [-0.05, 0) is 24.6 Å². The molecule has 3 heterocycles. The highest BCUT2D eigenvalue weighted by atomic mass is 32.2. The number of aromatic nitrogens is 2. The summed E-state index contributed by atoms with van der Waals surface area (Å²) in [7, 11) is 0. The molecule has 0 saturated heterocycles. The summed E-state index contributed by atoms with van der Waals surface area (Å²) < 4.78 is 0. The van der Waals surface area contributed by atoms with Crippen LogP contribution in [0.4, 0.5) is 0 Å². The SMILES string of the molecule is Cc1ccc(C(=O)CSc2ncnc3scc(-c4ccccc4)c23)s1. The molecule has 3 nitrogen and oxygen atoms in total. The zero-order valence-electron chi connectivity index (χ0n) is 13.4. The third-order valence-electron chi connectivity index (χ3n) is 3.78. The molecule has 25 heavy (non-hydrogen) atoms. The number of nitrogens with zero attached hydrogens (tertiary/aromatic N) is 2. The van der Waals surface area contributed by atoms with Gasteiger partial charge in [0.1, 0.15) is 16.2 Å². The second-order valence-corrected chi connectivity index (χ2v) is 8.61. The molecule has 0 amide bonds. The molecule has 6 heteroatoms. The maximum Gasteiger partial charge on any atom is 0.183 e. The Bertz CT molecular complexity index is 1040. The van der Waals surface area contributed by atoms with E-state index in [0.717, 1.165) is 36.1 Å². The summed E-state index contributed by atoms with van der Waals surface area (Å²) in [5, 5.41) is 4.02. The summed E-state index contributed by atoms with van der Waals surface area (Å²) in [6.07, 6.45) is 1.58. The number of carbonyl (C=O) groups is 1. The van der Waals surface area contributed by atoms with Crippen molar-refractivity contribution in [1.82, 2.24) is 9.97 Å². The van der Waals surface area contributed by atoms with Gasteiger partial charge in [0, 0.05) is 15.8 Å². The Morgan fingerprint density at radius 3 is 2.72 bits per heavy atom. The summed E-state index contributed by atoms with van der Waals surface area (Å²) in [4.78, 5) is 24.2. The fraction of sp³-hybridized carbons (Fsp3) is 0.105. The Hall–Kier alpha value is -2.02. The molecule has 0 radical (unpaired) electrons. The molecule has 124 valence electrons. The predicted octanol–water partition coefficient (Wildman–Crippen LogP) is 5.70. The van der Waals surface area contributed by atoms with Crippen LogP contribution in [0.1, 0.15) is 14.5 Å². The lowest BCUT2D eigenvalue weighted by Gasteiger charge is -2.04. The number of hydrogen-bond donors (Lipinski definition) is 0. The normalized spacial score (nSPS) is 11.1.